The predicted molar refractivity (Wildman–Crippen MR) is 80.3 cm³/mol. The van der Waals surface area contributed by atoms with E-state index in [2.05, 4.69) is 5.92 Å². The molecule has 0 aliphatic carbocycles. The number of methoxy groups -OCH3 is 1. The summed E-state index contributed by atoms with van der Waals surface area (Å²) < 4.78 is 11.4. The van der Waals surface area contributed by atoms with Gasteiger partial charge < -0.3 is 9.47 Å². The van der Waals surface area contributed by atoms with Gasteiger partial charge in [-0.1, -0.05) is 66.6 Å². The highest BCUT2D eigenvalue weighted by Gasteiger charge is 2.34. The highest BCUT2D eigenvalue weighted by atomic mass is 16.5. The molecule has 0 aliphatic rings. The summed E-state index contributed by atoms with van der Waals surface area (Å²) >= 11 is 0. The van der Waals surface area contributed by atoms with Gasteiger partial charge in [-0.3, -0.25) is 0 Å². The average Bonchev–Trinajstić information content (AvgIpc) is 2.54. The van der Waals surface area contributed by atoms with Gasteiger partial charge in [0.05, 0.1) is 6.61 Å². The van der Waals surface area contributed by atoms with Crippen LogP contribution in [0.4, 0.5) is 0 Å². The van der Waals surface area contributed by atoms with E-state index < -0.39 is 5.60 Å². The molecule has 0 spiro atoms. The molecule has 2 rings (SSSR count). The second-order valence-corrected chi connectivity index (χ2v) is 4.46. The zero-order valence-corrected chi connectivity index (χ0v) is 11.6. The fraction of sp³-hybridized carbons (Fsp3) is 0.222. The Labute approximate surface area is 120 Å². The SMILES string of the molecule is C#CCOCC(OC)(c1ccccc1)c1ccccc1. The molecule has 0 aliphatic heterocycles. The van der Waals surface area contributed by atoms with Gasteiger partial charge in [0.15, 0.2) is 0 Å². The number of benzene rings is 2. The first-order valence-electron chi connectivity index (χ1n) is 6.51. The lowest BCUT2D eigenvalue weighted by atomic mass is 9.87. The fourth-order valence-electron chi connectivity index (χ4n) is 2.30. The van der Waals surface area contributed by atoms with Crippen molar-refractivity contribution >= 4 is 0 Å². The van der Waals surface area contributed by atoms with Gasteiger partial charge >= 0.3 is 0 Å². The van der Waals surface area contributed by atoms with Crippen molar-refractivity contribution in [2.75, 3.05) is 20.3 Å². The summed E-state index contributed by atoms with van der Waals surface area (Å²) in [6.07, 6.45) is 5.26. The lowest BCUT2D eigenvalue weighted by molar-refractivity contribution is -0.0455. The van der Waals surface area contributed by atoms with Gasteiger partial charge in [0.25, 0.3) is 0 Å². The lowest BCUT2D eigenvalue weighted by Crippen LogP contribution is -2.35. The Balaban J connectivity index is 2.44. The summed E-state index contributed by atoms with van der Waals surface area (Å²) in [7, 11) is 1.69. The molecule has 0 fully saturated rings. The van der Waals surface area contributed by atoms with Crippen molar-refractivity contribution in [2.24, 2.45) is 0 Å². The van der Waals surface area contributed by atoms with Crippen molar-refractivity contribution in [1.29, 1.82) is 0 Å². The van der Waals surface area contributed by atoms with Gasteiger partial charge in [0, 0.05) is 7.11 Å². The Bertz CT molecular complexity index is 515. The number of ether oxygens (including phenoxy) is 2. The smallest absolute Gasteiger partial charge is 0.141 e. The maximum absolute atomic E-state index is 5.86. The van der Waals surface area contributed by atoms with Crippen molar-refractivity contribution in [2.45, 2.75) is 5.60 Å². The summed E-state index contributed by atoms with van der Waals surface area (Å²) in [5.41, 5.74) is 1.45. The van der Waals surface area contributed by atoms with Crippen LogP contribution in [0.15, 0.2) is 60.7 Å². The van der Waals surface area contributed by atoms with Crippen molar-refractivity contribution in [1.82, 2.24) is 0 Å². The van der Waals surface area contributed by atoms with Crippen LogP contribution in [0.2, 0.25) is 0 Å². The summed E-state index contributed by atoms with van der Waals surface area (Å²) in [4.78, 5) is 0. The quantitative estimate of drug-likeness (QED) is 0.590. The number of rotatable bonds is 6. The molecule has 0 radical (unpaired) electrons. The molecule has 0 saturated carbocycles. The van der Waals surface area contributed by atoms with Crippen molar-refractivity contribution in [3.63, 3.8) is 0 Å². The third-order valence-electron chi connectivity index (χ3n) is 3.32. The Morgan fingerprint density at radius 3 is 1.85 bits per heavy atom. The molecule has 2 aromatic carbocycles. The first-order valence-corrected chi connectivity index (χ1v) is 6.51. The Kier molecular flexibility index (Phi) is 4.95. The summed E-state index contributed by atoms with van der Waals surface area (Å²) in [6, 6.07) is 20.1. The maximum atomic E-state index is 5.86. The summed E-state index contributed by atoms with van der Waals surface area (Å²) in [6.45, 7) is 0.645. The van der Waals surface area contributed by atoms with Crippen LogP contribution in [0.5, 0.6) is 0 Å². The van der Waals surface area contributed by atoms with Crippen LogP contribution in [0.1, 0.15) is 11.1 Å². The molecule has 20 heavy (non-hydrogen) atoms. The van der Waals surface area contributed by atoms with Crippen molar-refractivity contribution in [3.05, 3.63) is 71.8 Å². The second kappa shape index (κ2) is 6.91. The van der Waals surface area contributed by atoms with E-state index in [1.54, 1.807) is 7.11 Å². The molecule has 0 unspecified atom stereocenters. The van der Waals surface area contributed by atoms with E-state index in [1.807, 2.05) is 60.7 Å². The first kappa shape index (κ1) is 14.3. The minimum atomic E-state index is -0.640. The van der Waals surface area contributed by atoms with Gasteiger partial charge in [0.2, 0.25) is 0 Å². The molecule has 0 atom stereocenters. The minimum absolute atomic E-state index is 0.269. The highest BCUT2D eigenvalue weighted by Crippen LogP contribution is 2.33. The van der Waals surface area contributed by atoms with E-state index in [1.165, 1.54) is 0 Å². The largest absolute Gasteiger partial charge is 0.366 e. The highest BCUT2D eigenvalue weighted by molar-refractivity contribution is 5.36. The van der Waals surface area contributed by atoms with Crippen LogP contribution in [-0.4, -0.2) is 20.3 Å². The van der Waals surface area contributed by atoms with Crippen LogP contribution < -0.4 is 0 Å². The van der Waals surface area contributed by atoms with Gasteiger partial charge in [-0.15, -0.1) is 6.42 Å². The van der Waals surface area contributed by atoms with E-state index in [0.717, 1.165) is 11.1 Å². The lowest BCUT2D eigenvalue weighted by Gasteiger charge is -2.33. The second-order valence-electron chi connectivity index (χ2n) is 4.46. The minimum Gasteiger partial charge on any atom is -0.366 e. The maximum Gasteiger partial charge on any atom is 0.141 e. The molecule has 102 valence electrons. The first-order chi connectivity index (χ1) is 9.83. The van der Waals surface area contributed by atoms with E-state index in [-0.39, 0.29) is 6.61 Å². The third-order valence-corrected chi connectivity index (χ3v) is 3.32. The van der Waals surface area contributed by atoms with Crippen LogP contribution in [-0.2, 0) is 15.1 Å². The van der Waals surface area contributed by atoms with Crippen LogP contribution in [0.25, 0.3) is 0 Å². The van der Waals surface area contributed by atoms with E-state index in [4.69, 9.17) is 15.9 Å². The van der Waals surface area contributed by atoms with E-state index in [9.17, 15) is 0 Å². The van der Waals surface area contributed by atoms with Gasteiger partial charge in [-0.2, -0.15) is 0 Å². The predicted octanol–water partition coefficient (Wildman–Crippen LogP) is 3.23. The summed E-state index contributed by atoms with van der Waals surface area (Å²) in [5.74, 6) is 2.49. The van der Waals surface area contributed by atoms with Crippen molar-refractivity contribution < 1.29 is 9.47 Å². The Hall–Kier alpha value is -2.08. The van der Waals surface area contributed by atoms with Crippen LogP contribution in [0, 0.1) is 12.3 Å². The monoisotopic (exact) mass is 266 g/mol. The van der Waals surface area contributed by atoms with Crippen LogP contribution in [0.3, 0.4) is 0 Å². The van der Waals surface area contributed by atoms with Gasteiger partial charge in [-0.05, 0) is 11.1 Å². The number of hydrogen-bond donors (Lipinski definition) is 0. The topological polar surface area (TPSA) is 18.5 Å². The molecule has 0 saturated heterocycles. The molecular formula is C18H18O2. The summed E-state index contributed by atoms with van der Waals surface area (Å²) in [5, 5.41) is 0. The fourth-order valence-corrected chi connectivity index (χ4v) is 2.30. The third kappa shape index (κ3) is 2.91. The Morgan fingerprint density at radius 1 is 0.950 bits per heavy atom. The molecule has 0 bridgehead atoms. The van der Waals surface area contributed by atoms with Gasteiger partial charge in [0.1, 0.15) is 12.2 Å². The average molecular weight is 266 g/mol. The zero-order chi connectivity index (χ0) is 14.3. The van der Waals surface area contributed by atoms with E-state index >= 15 is 0 Å². The zero-order valence-electron chi connectivity index (χ0n) is 11.6. The Morgan fingerprint density at radius 2 is 1.45 bits per heavy atom. The molecule has 2 aromatic rings. The molecule has 0 amide bonds. The molecule has 2 nitrogen and oxygen atoms in total. The molecule has 0 heterocycles. The van der Waals surface area contributed by atoms with E-state index in [0.29, 0.717) is 6.61 Å². The standard InChI is InChI=1S/C18H18O2/c1-3-14-20-15-18(19-2,16-10-6-4-7-11-16)17-12-8-5-9-13-17/h1,4-13H,14-15H2,2H3. The van der Waals surface area contributed by atoms with Gasteiger partial charge in [-0.25, -0.2) is 0 Å². The number of terminal acetylenes is 1. The molecular weight excluding hydrogens is 248 g/mol. The molecule has 0 N–H and O–H groups in total. The van der Waals surface area contributed by atoms with Crippen molar-refractivity contribution in [3.8, 4) is 12.3 Å². The molecule has 0 aromatic heterocycles. The normalized spacial score (nSPS) is 11.0. The van der Waals surface area contributed by atoms with Crippen LogP contribution >= 0.6 is 0 Å². The number of hydrogen-bond acceptors (Lipinski definition) is 2. The molecule has 2 heteroatoms.